The van der Waals surface area contributed by atoms with Gasteiger partial charge in [-0.2, -0.15) is 0 Å². The van der Waals surface area contributed by atoms with Crippen LogP contribution in [0.1, 0.15) is 34.5 Å². The molecule has 140 valence electrons. The van der Waals surface area contributed by atoms with E-state index in [0.29, 0.717) is 30.3 Å². The summed E-state index contributed by atoms with van der Waals surface area (Å²) in [6.07, 6.45) is 6.20. The van der Waals surface area contributed by atoms with E-state index < -0.39 is 0 Å². The highest BCUT2D eigenvalue weighted by Crippen LogP contribution is 2.29. The van der Waals surface area contributed by atoms with Gasteiger partial charge in [0.05, 0.1) is 18.5 Å². The number of aryl methyl sites for hydroxylation is 2. The first-order valence-electron chi connectivity index (χ1n) is 9.27. The number of aromatic amines is 1. The fourth-order valence-electron chi connectivity index (χ4n) is 3.52. The van der Waals surface area contributed by atoms with Crippen LogP contribution in [0.5, 0.6) is 5.88 Å². The smallest absolute Gasteiger partial charge is 0.255 e. The molecule has 0 saturated carbocycles. The van der Waals surface area contributed by atoms with Gasteiger partial charge >= 0.3 is 0 Å². The lowest BCUT2D eigenvalue weighted by molar-refractivity contribution is 0.102. The van der Waals surface area contributed by atoms with E-state index in [1.54, 1.807) is 25.4 Å². The molecule has 0 atom stereocenters. The summed E-state index contributed by atoms with van der Waals surface area (Å²) in [7, 11) is 1.62. The molecular formula is C21H23N3O3. The van der Waals surface area contributed by atoms with Crippen LogP contribution in [0.25, 0.3) is 10.9 Å². The highest BCUT2D eigenvalue weighted by molar-refractivity contribution is 6.06. The summed E-state index contributed by atoms with van der Waals surface area (Å²) in [5.74, 6) is 0.364. The Morgan fingerprint density at radius 3 is 2.89 bits per heavy atom. The number of ether oxygens (including phenoxy) is 2. The third kappa shape index (κ3) is 3.80. The maximum absolute atomic E-state index is 12.6. The molecule has 1 aliphatic rings. The van der Waals surface area contributed by atoms with E-state index in [1.165, 1.54) is 24.1 Å². The third-order valence-corrected chi connectivity index (χ3v) is 4.89. The van der Waals surface area contributed by atoms with Gasteiger partial charge in [0, 0.05) is 35.3 Å². The van der Waals surface area contributed by atoms with Gasteiger partial charge in [0.2, 0.25) is 5.88 Å². The number of carbonyl (C=O) groups excluding carboxylic acids is 1. The molecule has 2 aromatic heterocycles. The molecule has 3 aromatic rings. The highest BCUT2D eigenvalue weighted by atomic mass is 16.5. The maximum Gasteiger partial charge on any atom is 0.255 e. The minimum atomic E-state index is -0.141. The average molecular weight is 365 g/mol. The zero-order chi connectivity index (χ0) is 18.6. The van der Waals surface area contributed by atoms with E-state index in [-0.39, 0.29) is 5.91 Å². The highest BCUT2D eigenvalue weighted by Gasteiger charge is 2.17. The summed E-state index contributed by atoms with van der Waals surface area (Å²) < 4.78 is 10.4. The van der Waals surface area contributed by atoms with Crippen LogP contribution in [0, 0.1) is 0 Å². The maximum atomic E-state index is 12.6. The number of carbonyl (C=O) groups is 1. The fourth-order valence-corrected chi connectivity index (χ4v) is 3.52. The minimum Gasteiger partial charge on any atom is -0.475 e. The summed E-state index contributed by atoms with van der Waals surface area (Å²) in [6, 6.07) is 9.35. The predicted molar refractivity (Wildman–Crippen MR) is 105 cm³/mol. The Bertz CT molecular complexity index is 947. The van der Waals surface area contributed by atoms with Crippen LogP contribution in [0.4, 0.5) is 5.69 Å². The summed E-state index contributed by atoms with van der Waals surface area (Å²) in [6.45, 7) is 0.946. The van der Waals surface area contributed by atoms with Crippen molar-refractivity contribution in [1.29, 1.82) is 0 Å². The quantitative estimate of drug-likeness (QED) is 0.653. The van der Waals surface area contributed by atoms with Gasteiger partial charge in [-0.05, 0) is 55.5 Å². The molecule has 0 fully saturated rings. The third-order valence-electron chi connectivity index (χ3n) is 4.89. The Kier molecular flexibility index (Phi) is 5.07. The van der Waals surface area contributed by atoms with Crippen molar-refractivity contribution in [2.75, 3.05) is 25.6 Å². The van der Waals surface area contributed by atoms with Crippen molar-refractivity contribution in [2.24, 2.45) is 0 Å². The van der Waals surface area contributed by atoms with Crippen LogP contribution in [0.2, 0.25) is 0 Å². The van der Waals surface area contributed by atoms with Crippen LogP contribution in [0.15, 0.2) is 36.5 Å². The molecule has 4 rings (SSSR count). The molecule has 0 radical (unpaired) electrons. The van der Waals surface area contributed by atoms with Gasteiger partial charge in [0.25, 0.3) is 5.91 Å². The van der Waals surface area contributed by atoms with Crippen molar-refractivity contribution < 1.29 is 14.3 Å². The zero-order valence-electron chi connectivity index (χ0n) is 15.4. The van der Waals surface area contributed by atoms with Crippen molar-refractivity contribution in [3.63, 3.8) is 0 Å². The Morgan fingerprint density at radius 1 is 1.19 bits per heavy atom. The second kappa shape index (κ2) is 7.80. The lowest BCUT2D eigenvalue weighted by Gasteiger charge is -2.10. The summed E-state index contributed by atoms with van der Waals surface area (Å²) in [5.41, 5.74) is 5.08. The largest absolute Gasteiger partial charge is 0.475 e. The zero-order valence-corrected chi connectivity index (χ0v) is 15.4. The first-order valence-corrected chi connectivity index (χ1v) is 9.27. The number of amides is 1. The fraction of sp³-hybridized carbons (Fsp3) is 0.333. The average Bonchev–Trinajstić information content (AvgIpc) is 3.07. The Hall–Kier alpha value is -2.86. The van der Waals surface area contributed by atoms with Crippen molar-refractivity contribution in [3.8, 4) is 5.88 Å². The number of anilines is 1. The Labute approximate surface area is 157 Å². The van der Waals surface area contributed by atoms with Crippen molar-refractivity contribution in [3.05, 3.63) is 53.3 Å². The number of benzene rings is 1. The van der Waals surface area contributed by atoms with Crippen LogP contribution < -0.4 is 10.1 Å². The number of fused-ring (bicyclic) bond motifs is 3. The summed E-state index contributed by atoms with van der Waals surface area (Å²) in [5, 5.41) is 4.06. The Morgan fingerprint density at radius 2 is 2.07 bits per heavy atom. The molecule has 2 heterocycles. The molecule has 0 aliphatic heterocycles. The number of hydrogen-bond donors (Lipinski definition) is 2. The summed E-state index contributed by atoms with van der Waals surface area (Å²) in [4.78, 5) is 20.3. The lowest BCUT2D eigenvalue weighted by Crippen LogP contribution is -2.12. The number of nitrogens with zero attached hydrogens (tertiary/aromatic N) is 1. The van der Waals surface area contributed by atoms with Crippen LogP contribution in [-0.4, -0.2) is 36.2 Å². The normalized spacial score (nSPS) is 13.4. The van der Waals surface area contributed by atoms with Gasteiger partial charge in [-0.15, -0.1) is 0 Å². The molecule has 2 N–H and O–H groups in total. The second-order valence-corrected chi connectivity index (χ2v) is 6.73. The van der Waals surface area contributed by atoms with Gasteiger partial charge in [-0.3, -0.25) is 4.79 Å². The molecule has 27 heavy (non-hydrogen) atoms. The molecule has 6 heteroatoms. The monoisotopic (exact) mass is 365 g/mol. The van der Waals surface area contributed by atoms with Crippen molar-refractivity contribution >= 4 is 22.5 Å². The number of pyridine rings is 1. The van der Waals surface area contributed by atoms with Crippen LogP contribution in [0.3, 0.4) is 0 Å². The number of hydrogen-bond acceptors (Lipinski definition) is 4. The van der Waals surface area contributed by atoms with E-state index in [2.05, 4.69) is 15.3 Å². The van der Waals surface area contributed by atoms with Gasteiger partial charge < -0.3 is 19.8 Å². The number of rotatable bonds is 6. The number of nitrogens with one attached hydrogen (secondary N) is 2. The molecule has 6 nitrogen and oxygen atoms in total. The first-order chi connectivity index (χ1) is 13.2. The standard InChI is InChI=1S/C21H23N3O3/c1-26-10-11-27-20-9-7-15(13-22-20)23-21(25)14-6-8-19-17(12-14)16-4-2-3-5-18(16)24-19/h6-9,12-13,24H,2-5,10-11H2,1H3,(H,23,25). The number of methoxy groups -OCH3 is 1. The topological polar surface area (TPSA) is 76.2 Å². The van der Waals surface area contributed by atoms with E-state index in [1.807, 2.05) is 18.2 Å². The SMILES string of the molecule is COCCOc1ccc(NC(=O)c2ccc3[nH]c4c(c3c2)CCCC4)cn1. The van der Waals surface area contributed by atoms with Gasteiger partial charge in [-0.1, -0.05) is 0 Å². The molecular weight excluding hydrogens is 342 g/mol. The van der Waals surface area contributed by atoms with E-state index >= 15 is 0 Å². The molecule has 0 spiro atoms. The van der Waals surface area contributed by atoms with Crippen LogP contribution >= 0.6 is 0 Å². The molecule has 1 amide bonds. The van der Waals surface area contributed by atoms with Crippen molar-refractivity contribution in [1.82, 2.24) is 9.97 Å². The van der Waals surface area contributed by atoms with Gasteiger partial charge in [0.1, 0.15) is 6.61 Å². The number of aromatic nitrogens is 2. The van der Waals surface area contributed by atoms with Crippen molar-refractivity contribution in [2.45, 2.75) is 25.7 Å². The molecule has 0 bridgehead atoms. The lowest BCUT2D eigenvalue weighted by atomic mass is 9.95. The van der Waals surface area contributed by atoms with E-state index in [4.69, 9.17) is 9.47 Å². The van der Waals surface area contributed by atoms with Gasteiger partial charge in [0.15, 0.2) is 0 Å². The predicted octanol–water partition coefficient (Wildman–Crippen LogP) is 3.72. The molecule has 1 aromatic carbocycles. The minimum absolute atomic E-state index is 0.141. The molecule has 0 unspecified atom stereocenters. The second-order valence-electron chi connectivity index (χ2n) is 6.73. The molecule has 1 aliphatic carbocycles. The first kappa shape index (κ1) is 17.5. The Balaban J connectivity index is 1.48. The summed E-state index contributed by atoms with van der Waals surface area (Å²) >= 11 is 0. The molecule has 0 saturated heterocycles. The van der Waals surface area contributed by atoms with E-state index in [9.17, 15) is 4.79 Å². The van der Waals surface area contributed by atoms with E-state index in [0.717, 1.165) is 23.7 Å². The van der Waals surface area contributed by atoms with Crippen LogP contribution in [-0.2, 0) is 17.6 Å². The van der Waals surface area contributed by atoms with Gasteiger partial charge in [-0.25, -0.2) is 4.98 Å². The number of H-pyrrole nitrogens is 1.